The summed E-state index contributed by atoms with van der Waals surface area (Å²) in [5.74, 6) is -0.446. The molecule has 0 spiro atoms. The minimum Gasteiger partial charge on any atom is -0.480 e. The van der Waals surface area contributed by atoms with E-state index >= 15 is 0 Å². The van der Waals surface area contributed by atoms with Gasteiger partial charge in [-0.3, -0.25) is 0 Å². The van der Waals surface area contributed by atoms with Crippen molar-refractivity contribution in [3.8, 4) is 5.88 Å². The normalized spacial score (nSPS) is 10.5. The quantitative estimate of drug-likeness (QED) is 0.561. The maximum atomic E-state index is 10.2. The molecule has 0 fully saturated rings. The van der Waals surface area contributed by atoms with Crippen LogP contribution in [0.3, 0.4) is 0 Å². The van der Waals surface area contributed by atoms with Gasteiger partial charge in [0.1, 0.15) is 13.2 Å². The predicted octanol–water partition coefficient (Wildman–Crippen LogP) is 1.36. The van der Waals surface area contributed by atoms with Crippen LogP contribution in [0.2, 0.25) is 0 Å². The van der Waals surface area contributed by atoms with E-state index in [0.717, 1.165) is 4.47 Å². The van der Waals surface area contributed by atoms with Gasteiger partial charge >= 0.3 is 5.97 Å². The molecule has 0 aromatic carbocycles. The van der Waals surface area contributed by atoms with Crippen LogP contribution in [0.25, 0.3) is 0 Å². The fourth-order valence-corrected chi connectivity index (χ4v) is 1.58. The van der Waals surface area contributed by atoms with Crippen LogP contribution in [-0.2, 0) is 19.0 Å². The Kier molecular flexibility index (Phi) is 9.71. The van der Waals surface area contributed by atoms with Crippen LogP contribution in [0.5, 0.6) is 5.88 Å². The third kappa shape index (κ3) is 10.2. The lowest BCUT2D eigenvalue weighted by Gasteiger charge is -2.07. The molecule has 0 saturated carbocycles. The Bertz CT molecular complexity index is 417. The van der Waals surface area contributed by atoms with Crippen molar-refractivity contribution in [1.82, 2.24) is 4.98 Å². The fraction of sp³-hybridized carbons (Fsp3) is 0.538. The zero-order valence-corrected chi connectivity index (χ0v) is 13.1. The first kappa shape index (κ1) is 17.8. The standard InChI is InChI=1S/C13H18BrNO6/c14-11-1-2-15-12(9-11)21-8-7-19-4-3-18-5-6-20-10-13(16)17/h1-2,9H,3-8,10H2,(H,16,17). The summed E-state index contributed by atoms with van der Waals surface area (Å²) in [6.07, 6.45) is 1.65. The molecule has 0 aliphatic carbocycles. The number of carboxylic acids is 1. The highest BCUT2D eigenvalue weighted by Gasteiger charge is 1.97. The molecule has 118 valence electrons. The molecule has 0 amide bonds. The molecule has 0 aliphatic rings. The molecular weight excluding hydrogens is 346 g/mol. The second-order valence-electron chi connectivity index (χ2n) is 3.83. The summed E-state index contributed by atoms with van der Waals surface area (Å²) >= 11 is 3.33. The molecular formula is C13H18BrNO6. The number of hydrogen-bond acceptors (Lipinski definition) is 6. The summed E-state index contributed by atoms with van der Waals surface area (Å²) < 4.78 is 21.6. The minimum absolute atomic E-state index is 0.254. The van der Waals surface area contributed by atoms with E-state index in [1.54, 1.807) is 12.3 Å². The van der Waals surface area contributed by atoms with Crippen LogP contribution >= 0.6 is 15.9 Å². The van der Waals surface area contributed by atoms with Gasteiger partial charge in [0.25, 0.3) is 0 Å². The van der Waals surface area contributed by atoms with Crippen molar-refractivity contribution in [2.75, 3.05) is 46.2 Å². The van der Waals surface area contributed by atoms with Gasteiger partial charge in [0.15, 0.2) is 0 Å². The monoisotopic (exact) mass is 363 g/mol. The van der Waals surface area contributed by atoms with E-state index in [1.165, 1.54) is 0 Å². The van der Waals surface area contributed by atoms with Crippen LogP contribution in [0.15, 0.2) is 22.8 Å². The number of aromatic nitrogens is 1. The van der Waals surface area contributed by atoms with Crippen LogP contribution in [0, 0.1) is 0 Å². The van der Waals surface area contributed by atoms with Gasteiger partial charge in [0.05, 0.1) is 33.0 Å². The molecule has 0 radical (unpaired) electrons. The summed E-state index contributed by atoms with van der Waals surface area (Å²) in [5, 5.41) is 8.33. The molecule has 1 rings (SSSR count). The van der Waals surface area contributed by atoms with E-state index in [4.69, 9.17) is 24.1 Å². The number of carbonyl (C=O) groups is 1. The molecule has 0 unspecified atom stereocenters. The SMILES string of the molecule is O=C(O)COCCOCCOCCOc1cc(Br)ccn1. The Hall–Kier alpha value is -1.22. The molecule has 1 aromatic rings. The van der Waals surface area contributed by atoms with Gasteiger partial charge in [-0.15, -0.1) is 0 Å². The lowest BCUT2D eigenvalue weighted by Crippen LogP contribution is -2.14. The second kappa shape index (κ2) is 11.4. The molecule has 7 nitrogen and oxygen atoms in total. The molecule has 1 N–H and O–H groups in total. The first-order chi connectivity index (χ1) is 10.2. The van der Waals surface area contributed by atoms with Gasteiger partial charge in [-0.05, 0) is 6.07 Å². The zero-order valence-electron chi connectivity index (χ0n) is 11.5. The Morgan fingerprint density at radius 1 is 1.10 bits per heavy atom. The summed E-state index contributed by atoms with van der Waals surface area (Å²) in [4.78, 5) is 14.2. The number of carboxylic acid groups (broad SMARTS) is 1. The number of rotatable bonds is 12. The molecule has 0 bridgehead atoms. The van der Waals surface area contributed by atoms with Crippen molar-refractivity contribution in [3.63, 3.8) is 0 Å². The van der Waals surface area contributed by atoms with Crippen molar-refractivity contribution in [3.05, 3.63) is 22.8 Å². The molecule has 1 heterocycles. The van der Waals surface area contributed by atoms with E-state index in [2.05, 4.69) is 20.9 Å². The lowest BCUT2D eigenvalue weighted by molar-refractivity contribution is -0.142. The minimum atomic E-state index is -0.988. The van der Waals surface area contributed by atoms with E-state index in [0.29, 0.717) is 38.9 Å². The smallest absolute Gasteiger partial charge is 0.329 e. The van der Waals surface area contributed by atoms with Crippen LogP contribution < -0.4 is 4.74 Å². The van der Waals surface area contributed by atoms with Gasteiger partial charge < -0.3 is 24.1 Å². The first-order valence-electron chi connectivity index (χ1n) is 6.38. The van der Waals surface area contributed by atoms with Crippen LogP contribution in [-0.4, -0.2) is 62.3 Å². The zero-order chi connectivity index (χ0) is 15.3. The predicted molar refractivity (Wildman–Crippen MR) is 77.5 cm³/mol. The van der Waals surface area contributed by atoms with Crippen molar-refractivity contribution in [1.29, 1.82) is 0 Å². The van der Waals surface area contributed by atoms with Crippen molar-refractivity contribution < 1.29 is 28.8 Å². The highest BCUT2D eigenvalue weighted by molar-refractivity contribution is 9.10. The van der Waals surface area contributed by atoms with Gasteiger partial charge in [-0.2, -0.15) is 0 Å². The summed E-state index contributed by atoms with van der Waals surface area (Å²) in [6, 6.07) is 3.60. The van der Waals surface area contributed by atoms with Gasteiger partial charge in [-0.1, -0.05) is 15.9 Å². The number of halogens is 1. The third-order valence-electron chi connectivity index (χ3n) is 2.14. The number of nitrogens with zero attached hydrogens (tertiary/aromatic N) is 1. The summed E-state index contributed by atoms with van der Waals surface area (Å²) in [6.45, 7) is 2.00. The second-order valence-corrected chi connectivity index (χ2v) is 4.75. The average molecular weight is 364 g/mol. The van der Waals surface area contributed by atoms with E-state index < -0.39 is 5.97 Å². The van der Waals surface area contributed by atoms with Crippen LogP contribution in [0.1, 0.15) is 0 Å². The van der Waals surface area contributed by atoms with Gasteiger partial charge in [0, 0.05) is 16.7 Å². The maximum absolute atomic E-state index is 10.2. The topological polar surface area (TPSA) is 87.1 Å². The summed E-state index contributed by atoms with van der Waals surface area (Å²) in [7, 11) is 0. The molecule has 1 aromatic heterocycles. The van der Waals surface area contributed by atoms with Crippen LogP contribution in [0.4, 0.5) is 0 Å². The molecule has 0 saturated heterocycles. The maximum Gasteiger partial charge on any atom is 0.329 e. The summed E-state index contributed by atoms with van der Waals surface area (Å²) in [5.41, 5.74) is 0. The van der Waals surface area contributed by atoms with Gasteiger partial charge in [0.2, 0.25) is 5.88 Å². The molecule has 0 atom stereocenters. The Morgan fingerprint density at radius 3 is 2.33 bits per heavy atom. The number of pyridine rings is 1. The van der Waals surface area contributed by atoms with Crippen molar-refractivity contribution in [2.45, 2.75) is 0 Å². The van der Waals surface area contributed by atoms with Crippen molar-refractivity contribution in [2.24, 2.45) is 0 Å². The molecule has 0 aliphatic heterocycles. The number of aliphatic carboxylic acids is 1. The number of ether oxygens (including phenoxy) is 4. The lowest BCUT2D eigenvalue weighted by atomic mass is 10.5. The number of hydrogen-bond donors (Lipinski definition) is 1. The highest BCUT2D eigenvalue weighted by atomic mass is 79.9. The first-order valence-corrected chi connectivity index (χ1v) is 7.17. The van der Waals surface area contributed by atoms with E-state index in [1.807, 2.05) is 6.07 Å². The average Bonchev–Trinajstić information content (AvgIpc) is 2.44. The van der Waals surface area contributed by atoms with Crippen molar-refractivity contribution >= 4 is 21.9 Å². The fourth-order valence-electron chi connectivity index (χ4n) is 1.27. The van der Waals surface area contributed by atoms with E-state index in [-0.39, 0.29) is 13.2 Å². The molecule has 21 heavy (non-hydrogen) atoms. The largest absolute Gasteiger partial charge is 0.480 e. The third-order valence-corrected chi connectivity index (χ3v) is 2.64. The highest BCUT2D eigenvalue weighted by Crippen LogP contribution is 2.14. The van der Waals surface area contributed by atoms with E-state index in [9.17, 15) is 4.79 Å². The van der Waals surface area contributed by atoms with Gasteiger partial charge in [-0.25, -0.2) is 9.78 Å². The Balaban J connectivity index is 1.86. The molecule has 8 heteroatoms. The Labute approximate surface area is 131 Å². The Morgan fingerprint density at radius 2 is 1.71 bits per heavy atom.